The fourth-order valence-electron chi connectivity index (χ4n) is 6.55. The van der Waals surface area contributed by atoms with Crippen LogP contribution in [0, 0.1) is 11.8 Å². The monoisotopic (exact) mass is 565 g/mol. The predicted molar refractivity (Wildman–Crippen MR) is 167 cm³/mol. The van der Waals surface area contributed by atoms with Crippen molar-refractivity contribution < 1.29 is 14.3 Å². The van der Waals surface area contributed by atoms with Gasteiger partial charge in [0.2, 0.25) is 5.91 Å². The lowest BCUT2D eigenvalue weighted by Gasteiger charge is -2.37. The van der Waals surface area contributed by atoms with Crippen molar-refractivity contribution >= 4 is 34.1 Å². The normalized spacial score (nSPS) is 21.9. The van der Waals surface area contributed by atoms with E-state index in [1.54, 1.807) is 0 Å². The molecule has 1 aromatic heterocycles. The molecule has 1 saturated heterocycles. The summed E-state index contributed by atoms with van der Waals surface area (Å²) in [6.07, 6.45) is 3.15. The molecule has 0 aliphatic carbocycles. The summed E-state index contributed by atoms with van der Waals surface area (Å²) < 4.78 is 6.70. The van der Waals surface area contributed by atoms with Gasteiger partial charge in [0.1, 0.15) is 5.75 Å². The average Bonchev–Trinajstić information content (AvgIpc) is 3.41. The van der Waals surface area contributed by atoms with Crippen LogP contribution in [0.4, 0.5) is 11.4 Å². The number of nitrogens with zero attached hydrogens (tertiary/aromatic N) is 1. The summed E-state index contributed by atoms with van der Waals surface area (Å²) in [6, 6.07) is 26.0. The Bertz CT molecular complexity index is 1540. The number of benzene rings is 3. The number of ether oxygens (including phenoxy) is 1. The van der Waals surface area contributed by atoms with E-state index >= 15 is 0 Å². The number of H-pyrrole nitrogens is 1. The number of nitrogens with one attached hydrogen (secondary N) is 3. The number of carbonyl (C=O) groups is 2. The van der Waals surface area contributed by atoms with E-state index in [9.17, 15) is 9.59 Å². The van der Waals surface area contributed by atoms with Gasteiger partial charge in [-0.15, -0.1) is 0 Å². The first-order valence-corrected chi connectivity index (χ1v) is 14.9. The number of hydrogen-bond donors (Lipinski definition) is 4. The van der Waals surface area contributed by atoms with Crippen LogP contribution < -0.4 is 26.0 Å². The lowest BCUT2D eigenvalue weighted by atomic mass is 9.76. The van der Waals surface area contributed by atoms with Crippen LogP contribution in [0.15, 0.2) is 85.1 Å². The summed E-state index contributed by atoms with van der Waals surface area (Å²) in [5, 5.41) is 8.08. The molecule has 5 atom stereocenters. The third kappa shape index (κ3) is 5.85. The maximum Gasteiger partial charge on any atom is 0.268 e. The minimum atomic E-state index is -0.833. The number of para-hydroxylation sites is 3. The van der Waals surface area contributed by atoms with Crippen LogP contribution in [0.1, 0.15) is 37.7 Å². The zero-order valence-corrected chi connectivity index (χ0v) is 24.0. The van der Waals surface area contributed by atoms with Gasteiger partial charge in [0, 0.05) is 36.1 Å². The molecule has 4 unspecified atom stereocenters. The van der Waals surface area contributed by atoms with Crippen molar-refractivity contribution in [2.24, 2.45) is 17.6 Å². The van der Waals surface area contributed by atoms with E-state index in [1.807, 2.05) is 71.8 Å². The van der Waals surface area contributed by atoms with E-state index in [0.717, 1.165) is 40.8 Å². The number of aromatic amines is 1. The van der Waals surface area contributed by atoms with Crippen molar-refractivity contribution in [3.63, 3.8) is 0 Å². The Hall–Kier alpha value is -4.30. The molecule has 218 valence electrons. The van der Waals surface area contributed by atoms with E-state index in [2.05, 4.69) is 40.7 Å². The number of anilines is 2. The number of hydrogen-bond acceptors (Lipinski definition) is 5. The Morgan fingerprint density at radius 3 is 2.67 bits per heavy atom. The van der Waals surface area contributed by atoms with E-state index in [1.165, 1.54) is 0 Å². The largest absolute Gasteiger partial charge is 0.480 e. The summed E-state index contributed by atoms with van der Waals surface area (Å²) in [5.41, 5.74) is 9.72. The Morgan fingerprint density at radius 2 is 1.83 bits per heavy atom. The highest BCUT2D eigenvalue weighted by Crippen LogP contribution is 2.38. The second-order valence-electron chi connectivity index (χ2n) is 11.6. The van der Waals surface area contributed by atoms with E-state index in [0.29, 0.717) is 31.7 Å². The van der Waals surface area contributed by atoms with Crippen molar-refractivity contribution in [1.29, 1.82) is 0 Å². The van der Waals surface area contributed by atoms with E-state index < -0.39 is 6.10 Å². The molecule has 3 aromatic carbocycles. The number of nitrogens with two attached hydrogens (primary N) is 1. The second kappa shape index (κ2) is 12.3. The summed E-state index contributed by atoms with van der Waals surface area (Å²) in [4.78, 5) is 32.6. The van der Waals surface area contributed by atoms with Crippen molar-refractivity contribution in [3.05, 3.63) is 90.6 Å². The summed E-state index contributed by atoms with van der Waals surface area (Å²) in [5.74, 6) is -0.372. The fourth-order valence-corrected chi connectivity index (χ4v) is 6.55. The molecule has 0 spiro atoms. The molecule has 2 amide bonds. The van der Waals surface area contributed by atoms with Crippen LogP contribution >= 0.6 is 0 Å². The van der Waals surface area contributed by atoms with Gasteiger partial charge in [-0.05, 0) is 98.6 Å². The molecule has 3 heterocycles. The molecule has 4 aromatic rings. The van der Waals surface area contributed by atoms with Crippen LogP contribution in [0.5, 0.6) is 5.75 Å². The molecule has 2 aliphatic heterocycles. The highest BCUT2D eigenvalue weighted by Gasteiger charge is 2.40. The lowest BCUT2D eigenvalue weighted by molar-refractivity contribution is -0.127. The Morgan fingerprint density at radius 1 is 1.02 bits per heavy atom. The second-order valence-corrected chi connectivity index (χ2v) is 11.6. The molecule has 0 bridgehead atoms. The predicted octanol–water partition coefficient (Wildman–Crippen LogP) is 5.04. The Balaban J connectivity index is 1.45. The molecule has 5 N–H and O–H groups in total. The average molecular weight is 566 g/mol. The molecule has 2 aliphatic rings. The van der Waals surface area contributed by atoms with Gasteiger partial charge in [-0.3, -0.25) is 9.59 Å². The highest BCUT2D eigenvalue weighted by atomic mass is 16.5. The first-order chi connectivity index (χ1) is 20.5. The highest BCUT2D eigenvalue weighted by molar-refractivity contribution is 6.00. The minimum Gasteiger partial charge on any atom is -0.480 e. The number of primary amides is 1. The Kier molecular flexibility index (Phi) is 8.15. The molecule has 8 heteroatoms. The number of piperidine rings is 1. The van der Waals surface area contributed by atoms with Gasteiger partial charge in [-0.1, -0.05) is 36.4 Å². The minimum absolute atomic E-state index is 0.0315. The molecule has 1 fully saturated rings. The van der Waals surface area contributed by atoms with E-state index in [4.69, 9.17) is 10.5 Å². The maximum atomic E-state index is 14.9. The van der Waals surface area contributed by atoms with Crippen molar-refractivity contribution in [1.82, 2.24) is 10.3 Å². The van der Waals surface area contributed by atoms with Crippen LogP contribution in [0.2, 0.25) is 0 Å². The van der Waals surface area contributed by atoms with Gasteiger partial charge in [-0.25, -0.2) is 0 Å². The van der Waals surface area contributed by atoms with Crippen molar-refractivity contribution in [3.8, 4) is 5.75 Å². The van der Waals surface area contributed by atoms with E-state index in [-0.39, 0.29) is 35.6 Å². The zero-order valence-electron chi connectivity index (χ0n) is 24.0. The first kappa shape index (κ1) is 27.8. The number of amides is 2. The van der Waals surface area contributed by atoms with Crippen LogP contribution in [0.3, 0.4) is 0 Å². The van der Waals surface area contributed by atoms with Gasteiger partial charge in [0.05, 0.1) is 11.4 Å². The number of carbonyl (C=O) groups excluding carboxylic acids is 2. The molecule has 6 rings (SSSR count). The topological polar surface area (TPSA) is 112 Å². The molecule has 0 saturated carbocycles. The fraction of sp³-hybridized carbons (Fsp3) is 0.353. The number of rotatable bonds is 8. The summed E-state index contributed by atoms with van der Waals surface area (Å²) in [7, 11) is 0. The smallest absolute Gasteiger partial charge is 0.268 e. The zero-order chi connectivity index (χ0) is 29.1. The van der Waals surface area contributed by atoms with Crippen molar-refractivity contribution in [2.45, 2.75) is 44.2 Å². The van der Waals surface area contributed by atoms with Crippen molar-refractivity contribution in [2.75, 3.05) is 29.9 Å². The van der Waals surface area contributed by atoms with Crippen LogP contribution in [-0.4, -0.2) is 48.6 Å². The van der Waals surface area contributed by atoms with Gasteiger partial charge >= 0.3 is 0 Å². The molecular weight excluding hydrogens is 526 g/mol. The molecule has 42 heavy (non-hydrogen) atoms. The molecular formula is C34H39N5O3. The maximum absolute atomic E-state index is 14.9. The van der Waals surface area contributed by atoms with Gasteiger partial charge in [0.15, 0.2) is 6.10 Å². The van der Waals surface area contributed by atoms with Crippen LogP contribution in [0.25, 0.3) is 10.9 Å². The third-order valence-electron chi connectivity index (χ3n) is 8.80. The quantitative estimate of drug-likeness (QED) is 0.239. The number of aromatic nitrogens is 1. The lowest BCUT2D eigenvalue weighted by Crippen LogP contribution is -2.48. The third-order valence-corrected chi connectivity index (χ3v) is 8.80. The molecule has 8 nitrogen and oxygen atoms in total. The number of fused-ring (bicyclic) bond motifs is 2. The van der Waals surface area contributed by atoms with Crippen LogP contribution in [-0.2, 0) is 9.59 Å². The summed E-state index contributed by atoms with van der Waals surface area (Å²) in [6.45, 7) is 4.12. The SMILES string of the molecule is C[C@H]1CCN(C(=O)C(Oc2ccccc2)C(CC2CNCCC2C(N)=O)c2ccc3[nH]ccc3c2)c2ccccc2N1. The molecule has 0 radical (unpaired) electrons. The Labute approximate surface area is 246 Å². The van der Waals surface area contributed by atoms with Gasteiger partial charge in [0.25, 0.3) is 5.91 Å². The summed E-state index contributed by atoms with van der Waals surface area (Å²) >= 11 is 0. The standard InChI is InChI=1S/C34H39N5O3/c1-22-15-18-39(31-10-6-5-9-30(31)38-22)34(41)32(42-26-7-3-2-4-8-26)28(20-25-21-36-16-14-27(25)33(35)40)23-11-12-29-24(19-23)13-17-37-29/h2-13,17,19,22,25,27-28,32,36-38H,14-16,18,20-21H2,1H3,(H2,35,40)/t22-,25?,27?,28?,32?/m0/s1. The van der Waals surface area contributed by atoms with Gasteiger partial charge < -0.3 is 31.0 Å². The van der Waals surface area contributed by atoms with Gasteiger partial charge in [-0.2, -0.15) is 0 Å². The first-order valence-electron chi connectivity index (χ1n) is 14.9.